The van der Waals surface area contributed by atoms with Crippen molar-refractivity contribution in [2.45, 2.75) is 13.3 Å². The van der Waals surface area contributed by atoms with E-state index in [1.807, 2.05) is 0 Å². The van der Waals surface area contributed by atoms with Crippen LogP contribution in [-0.4, -0.2) is 6.54 Å². The minimum atomic E-state index is 0.319. The van der Waals surface area contributed by atoms with Crippen LogP contribution in [0.25, 0.3) is 0 Å². The predicted octanol–water partition coefficient (Wildman–Crippen LogP) is 1.79. The number of hydrogen-bond donors (Lipinski definition) is 3. The van der Waals surface area contributed by atoms with E-state index in [1.54, 1.807) is 5.41 Å². The molecular formula is C10H16N2S. The van der Waals surface area contributed by atoms with Crippen molar-refractivity contribution >= 4 is 12.6 Å². The maximum Gasteiger partial charge on any atom is 0.0296 e. The molecule has 1 aliphatic rings. The van der Waals surface area contributed by atoms with Crippen LogP contribution in [0.3, 0.4) is 0 Å². The third-order valence-corrected chi connectivity index (χ3v) is 2.36. The summed E-state index contributed by atoms with van der Waals surface area (Å²) in [6, 6.07) is 0. The lowest BCUT2D eigenvalue weighted by Crippen LogP contribution is -2.16. The number of nitrogens with two attached hydrogens (primary N) is 1. The molecule has 3 N–H and O–H groups in total. The Balaban J connectivity index is 2.53. The Morgan fingerprint density at radius 3 is 3.08 bits per heavy atom. The van der Waals surface area contributed by atoms with Gasteiger partial charge in [0.2, 0.25) is 0 Å². The number of allylic oxidation sites excluding steroid dienone is 3. The molecule has 0 aromatic heterocycles. The van der Waals surface area contributed by atoms with E-state index in [0.717, 1.165) is 18.7 Å². The molecule has 0 radical (unpaired) electrons. The zero-order chi connectivity index (χ0) is 9.68. The molecule has 13 heavy (non-hydrogen) atoms. The van der Waals surface area contributed by atoms with Gasteiger partial charge < -0.3 is 11.1 Å². The number of rotatable bonds is 3. The van der Waals surface area contributed by atoms with Gasteiger partial charge in [-0.25, -0.2) is 0 Å². The van der Waals surface area contributed by atoms with Crippen molar-refractivity contribution in [2.24, 2.45) is 11.7 Å². The Kier molecular flexibility index (Phi) is 3.96. The fourth-order valence-corrected chi connectivity index (χ4v) is 1.49. The van der Waals surface area contributed by atoms with E-state index in [0.29, 0.717) is 5.92 Å². The van der Waals surface area contributed by atoms with Crippen LogP contribution in [0.15, 0.2) is 35.0 Å². The fourth-order valence-electron chi connectivity index (χ4n) is 1.30. The molecule has 1 unspecified atom stereocenters. The highest BCUT2D eigenvalue weighted by atomic mass is 32.1. The molecule has 0 saturated heterocycles. The topological polar surface area (TPSA) is 38.0 Å². The number of likely N-dealkylation sites (N-methyl/N-ethyl adjacent to an activating group) is 1. The van der Waals surface area contributed by atoms with Gasteiger partial charge in [0, 0.05) is 23.9 Å². The molecule has 0 aromatic carbocycles. The van der Waals surface area contributed by atoms with Gasteiger partial charge in [-0.05, 0) is 24.8 Å². The van der Waals surface area contributed by atoms with Crippen LogP contribution in [0.2, 0.25) is 0 Å². The molecule has 0 saturated carbocycles. The molecule has 3 heteroatoms. The van der Waals surface area contributed by atoms with Crippen LogP contribution in [0.1, 0.15) is 13.3 Å². The molecule has 0 aromatic rings. The highest BCUT2D eigenvalue weighted by Crippen LogP contribution is 2.19. The standard InChI is InChI=1S/C10H16N2S/c1-2-12-9-5-3-8(4-6-9)10(11)7-13/h3,5-8,12-13H,2,4,11H2,1H3/b10-7-. The van der Waals surface area contributed by atoms with Crippen LogP contribution in [0.4, 0.5) is 0 Å². The molecule has 0 aliphatic heterocycles. The van der Waals surface area contributed by atoms with Gasteiger partial charge in [-0.1, -0.05) is 12.2 Å². The highest BCUT2D eigenvalue weighted by molar-refractivity contribution is 7.83. The average molecular weight is 196 g/mol. The summed E-state index contributed by atoms with van der Waals surface area (Å²) in [5.41, 5.74) is 7.76. The van der Waals surface area contributed by atoms with E-state index in [-0.39, 0.29) is 0 Å². The molecule has 72 valence electrons. The zero-order valence-corrected chi connectivity index (χ0v) is 8.72. The molecule has 1 aliphatic carbocycles. The van der Waals surface area contributed by atoms with Crippen LogP contribution >= 0.6 is 12.6 Å². The second-order valence-electron chi connectivity index (χ2n) is 3.02. The second-order valence-corrected chi connectivity index (χ2v) is 3.28. The first-order chi connectivity index (χ1) is 6.27. The minimum Gasteiger partial charge on any atom is -0.401 e. The van der Waals surface area contributed by atoms with Crippen molar-refractivity contribution in [2.75, 3.05) is 6.54 Å². The van der Waals surface area contributed by atoms with Gasteiger partial charge >= 0.3 is 0 Å². The van der Waals surface area contributed by atoms with Crippen LogP contribution in [-0.2, 0) is 0 Å². The molecule has 0 amide bonds. The Bertz CT molecular complexity index is 254. The van der Waals surface area contributed by atoms with Crippen LogP contribution in [0.5, 0.6) is 0 Å². The predicted molar refractivity (Wildman–Crippen MR) is 60.3 cm³/mol. The molecule has 1 atom stereocenters. The Morgan fingerprint density at radius 2 is 2.62 bits per heavy atom. The van der Waals surface area contributed by atoms with E-state index in [1.165, 1.54) is 5.70 Å². The van der Waals surface area contributed by atoms with Gasteiger partial charge in [0.15, 0.2) is 0 Å². The lowest BCUT2D eigenvalue weighted by Gasteiger charge is -2.16. The summed E-state index contributed by atoms with van der Waals surface area (Å²) in [5.74, 6) is 0.319. The summed E-state index contributed by atoms with van der Waals surface area (Å²) < 4.78 is 0. The van der Waals surface area contributed by atoms with Gasteiger partial charge in [-0.15, -0.1) is 12.6 Å². The number of nitrogens with one attached hydrogen (secondary N) is 1. The third-order valence-electron chi connectivity index (χ3n) is 2.06. The Morgan fingerprint density at radius 1 is 1.85 bits per heavy atom. The number of hydrogen-bond acceptors (Lipinski definition) is 3. The lowest BCUT2D eigenvalue weighted by molar-refractivity contribution is 0.733. The quantitative estimate of drug-likeness (QED) is 0.602. The smallest absolute Gasteiger partial charge is 0.0296 e. The van der Waals surface area contributed by atoms with Gasteiger partial charge in [0.05, 0.1) is 0 Å². The second kappa shape index (κ2) is 5.02. The average Bonchev–Trinajstić information content (AvgIpc) is 2.18. The maximum absolute atomic E-state index is 5.75. The number of thiol groups is 1. The first-order valence-corrected chi connectivity index (χ1v) is 5.01. The molecule has 0 bridgehead atoms. The van der Waals surface area contributed by atoms with Crippen molar-refractivity contribution in [3.8, 4) is 0 Å². The summed E-state index contributed by atoms with van der Waals surface area (Å²) in [6.45, 7) is 3.04. The molecular weight excluding hydrogens is 180 g/mol. The van der Waals surface area contributed by atoms with Crippen molar-refractivity contribution < 1.29 is 0 Å². The van der Waals surface area contributed by atoms with E-state index < -0.39 is 0 Å². The monoisotopic (exact) mass is 196 g/mol. The van der Waals surface area contributed by atoms with E-state index in [2.05, 4.69) is 43.1 Å². The summed E-state index contributed by atoms with van der Waals surface area (Å²) >= 11 is 4.03. The van der Waals surface area contributed by atoms with Gasteiger partial charge in [0.25, 0.3) is 0 Å². The van der Waals surface area contributed by atoms with Crippen molar-refractivity contribution in [3.05, 3.63) is 35.0 Å². The first-order valence-electron chi connectivity index (χ1n) is 4.50. The van der Waals surface area contributed by atoms with Crippen LogP contribution in [0, 0.1) is 5.92 Å². The van der Waals surface area contributed by atoms with E-state index in [4.69, 9.17) is 5.73 Å². The largest absolute Gasteiger partial charge is 0.401 e. The van der Waals surface area contributed by atoms with E-state index >= 15 is 0 Å². The van der Waals surface area contributed by atoms with Crippen molar-refractivity contribution in [3.63, 3.8) is 0 Å². The zero-order valence-electron chi connectivity index (χ0n) is 7.83. The summed E-state index contributed by atoms with van der Waals surface area (Å²) in [5, 5.41) is 4.92. The summed E-state index contributed by atoms with van der Waals surface area (Å²) in [7, 11) is 0. The normalized spacial score (nSPS) is 22.8. The van der Waals surface area contributed by atoms with Crippen molar-refractivity contribution in [1.82, 2.24) is 5.32 Å². The van der Waals surface area contributed by atoms with Gasteiger partial charge in [-0.2, -0.15) is 0 Å². The lowest BCUT2D eigenvalue weighted by atomic mass is 9.97. The maximum atomic E-state index is 5.75. The van der Waals surface area contributed by atoms with E-state index in [9.17, 15) is 0 Å². The Labute approximate surface area is 85.0 Å². The SMILES string of the molecule is CCNC1=CCC(/C(N)=C/S)C=C1. The molecule has 2 nitrogen and oxygen atoms in total. The molecule has 0 fully saturated rings. The first kappa shape index (κ1) is 10.3. The minimum absolute atomic E-state index is 0.319. The van der Waals surface area contributed by atoms with Gasteiger partial charge in [0.1, 0.15) is 0 Å². The highest BCUT2D eigenvalue weighted by Gasteiger charge is 2.09. The third kappa shape index (κ3) is 2.84. The fraction of sp³-hybridized carbons (Fsp3) is 0.400. The van der Waals surface area contributed by atoms with Crippen molar-refractivity contribution in [1.29, 1.82) is 0 Å². The van der Waals surface area contributed by atoms with Gasteiger partial charge in [-0.3, -0.25) is 0 Å². The molecule has 1 rings (SSSR count). The molecule has 0 heterocycles. The summed E-state index contributed by atoms with van der Waals surface area (Å²) in [4.78, 5) is 0. The van der Waals surface area contributed by atoms with Crippen LogP contribution < -0.4 is 11.1 Å². The summed E-state index contributed by atoms with van der Waals surface area (Å²) in [6.07, 6.45) is 7.31. The Hall–Kier alpha value is -0.830. The molecule has 0 spiro atoms.